The smallest absolute Gasteiger partial charge is 0.0479 e. The van der Waals surface area contributed by atoms with Crippen molar-refractivity contribution in [3.8, 4) is 11.1 Å². The van der Waals surface area contributed by atoms with Crippen molar-refractivity contribution in [3.05, 3.63) is 60.2 Å². The maximum Gasteiger partial charge on any atom is 0.0479 e. The third-order valence-corrected chi connectivity index (χ3v) is 3.93. The topological polar surface area (TPSA) is 46.2 Å². The van der Waals surface area contributed by atoms with Gasteiger partial charge in [0.2, 0.25) is 0 Å². The van der Waals surface area contributed by atoms with Crippen molar-refractivity contribution >= 4 is 0 Å². The molecule has 2 heteroatoms. The summed E-state index contributed by atoms with van der Waals surface area (Å²) >= 11 is 0. The van der Waals surface area contributed by atoms with Gasteiger partial charge in [0.1, 0.15) is 0 Å². The lowest BCUT2D eigenvalue weighted by Gasteiger charge is -2.25. The Morgan fingerprint density at radius 3 is 1.95 bits per heavy atom. The van der Waals surface area contributed by atoms with Crippen molar-refractivity contribution in [2.75, 3.05) is 6.61 Å². The highest BCUT2D eigenvalue weighted by molar-refractivity contribution is 5.63. The van der Waals surface area contributed by atoms with E-state index in [9.17, 15) is 5.11 Å². The Morgan fingerprint density at radius 2 is 1.45 bits per heavy atom. The Morgan fingerprint density at radius 1 is 0.900 bits per heavy atom. The molecule has 0 fully saturated rings. The zero-order valence-electron chi connectivity index (χ0n) is 12.2. The quantitative estimate of drug-likeness (QED) is 0.871. The van der Waals surface area contributed by atoms with Crippen LogP contribution in [0.25, 0.3) is 11.1 Å². The molecule has 0 heterocycles. The van der Waals surface area contributed by atoms with E-state index in [4.69, 9.17) is 5.73 Å². The van der Waals surface area contributed by atoms with Crippen LogP contribution in [0, 0.1) is 11.8 Å². The van der Waals surface area contributed by atoms with E-state index in [1.165, 1.54) is 11.1 Å². The minimum Gasteiger partial charge on any atom is -0.396 e. The summed E-state index contributed by atoms with van der Waals surface area (Å²) in [5, 5.41) is 9.48. The van der Waals surface area contributed by atoms with Gasteiger partial charge in [-0.05, 0) is 22.6 Å². The molecule has 106 valence electrons. The molecule has 0 aromatic heterocycles. The maximum atomic E-state index is 9.48. The van der Waals surface area contributed by atoms with Crippen LogP contribution in [0.1, 0.15) is 25.5 Å². The Hall–Kier alpha value is -1.64. The standard InChI is InChI=1S/C18H23NO/c1-13(2)17(12-20)18(19)16-10-8-15(9-11-16)14-6-4-3-5-7-14/h3-11,13,17-18,20H,12,19H2,1-2H3. The van der Waals surface area contributed by atoms with Gasteiger partial charge in [-0.2, -0.15) is 0 Å². The van der Waals surface area contributed by atoms with Gasteiger partial charge in [0, 0.05) is 18.6 Å². The van der Waals surface area contributed by atoms with Crippen LogP contribution in [0.2, 0.25) is 0 Å². The minimum atomic E-state index is -0.121. The van der Waals surface area contributed by atoms with Crippen molar-refractivity contribution in [2.45, 2.75) is 19.9 Å². The summed E-state index contributed by atoms with van der Waals surface area (Å²) in [6.45, 7) is 4.32. The SMILES string of the molecule is CC(C)C(CO)C(N)c1ccc(-c2ccccc2)cc1. The fourth-order valence-electron chi connectivity index (χ4n) is 2.51. The number of aliphatic hydroxyl groups is 1. The van der Waals surface area contributed by atoms with Gasteiger partial charge < -0.3 is 10.8 Å². The van der Waals surface area contributed by atoms with E-state index in [-0.39, 0.29) is 18.6 Å². The fourth-order valence-corrected chi connectivity index (χ4v) is 2.51. The van der Waals surface area contributed by atoms with E-state index < -0.39 is 0 Å². The molecule has 0 aliphatic carbocycles. The average Bonchev–Trinajstić information content (AvgIpc) is 2.48. The van der Waals surface area contributed by atoms with Gasteiger partial charge in [-0.15, -0.1) is 0 Å². The summed E-state index contributed by atoms with van der Waals surface area (Å²) in [5.74, 6) is 0.460. The van der Waals surface area contributed by atoms with E-state index in [2.05, 4.69) is 50.2 Å². The molecule has 0 amide bonds. The first-order valence-corrected chi connectivity index (χ1v) is 7.15. The molecule has 0 saturated heterocycles. The van der Waals surface area contributed by atoms with Crippen LogP contribution in [0.15, 0.2) is 54.6 Å². The van der Waals surface area contributed by atoms with E-state index in [0.717, 1.165) is 5.56 Å². The molecule has 2 unspecified atom stereocenters. The fraction of sp³-hybridized carbons (Fsp3) is 0.333. The summed E-state index contributed by atoms with van der Waals surface area (Å²) in [6.07, 6.45) is 0. The van der Waals surface area contributed by atoms with E-state index >= 15 is 0 Å². The van der Waals surface area contributed by atoms with Gasteiger partial charge in [-0.3, -0.25) is 0 Å². The van der Waals surface area contributed by atoms with Crippen molar-refractivity contribution < 1.29 is 5.11 Å². The number of hydrogen-bond donors (Lipinski definition) is 2. The van der Waals surface area contributed by atoms with E-state index in [0.29, 0.717) is 5.92 Å². The highest BCUT2D eigenvalue weighted by Gasteiger charge is 2.21. The lowest BCUT2D eigenvalue weighted by atomic mass is 9.85. The van der Waals surface area contributed by atoms with Crippen molar-refractivity contribution in [2.24, 2.45) is 17.6 Å². The molecule has 2 atom stereocenters. The third-order valence-electron chi connectivity index (χ3n) is 3.93. The van der Waals surface area contributed by atoms with Crippen molar-refractivity contribution in [1.82, 2.24) is 0 Å². The van der Waals surface area contributed by atoms with Crippen LogP contribution >= 0.6 is 0 Å². The molecule has 2 rings (SSSR count). The lowest BCUT2D eigenvalue weighted by Crippen LogP contribution is -2.28. The minimum absolute atomic E-state index is 0.0950. The summed E-state index contributed by atoms with van der Waals surface area (Å²) in [5.41, 5.74) is 9.75. The molecule has 0 spiro atoms. The summed E-state index contributed by atoms with van der Waals surface area (Å²) in [7, 11) is 0. The molecular weight excluding hydrogens is 246 g/mol. The van der Waals surface area contributed by atoms with Gasteiger partial charge in [-0.1, -0.05) is 68.4 Å². The average molecular weight is 269 g/mol. The molecule has 2 aromatic rings. The van der Waals surface area contributed by atoms with Gasteiger partial charge in [0.05, 0.1) is 0 Å². The van der Waals surface area contributed by atoms with Crippen molar-refractivity contribution in [3.63, 3.8) is 0 Å². The molecule has 0 aliphatic rings. The first-order valence-electron chi connectivity index (χ1n) is 7.15. The summed E-state index contributed by atoms with van der Waals surface area (Å²) in [6, 6.07) is 18.5. The number of benzene rings is 2. The first-order chi connectivity index (χ1) is 9.63. The normalized spacial score (nSPS) is 14.2. The van der Waals surface area contributed by atoms with Crippen LogP contribution in [0.5, 0.6) is 0 Å². The van der Waals surface area contributed by atoms with Gasteiger partial charge in [0.15, 0.2) is 0 Å². The Labute approximate surface area is 121 Å². The molecule has 0 bridgehead atoms. The van der Waals surface area contributed by atoms with Crippen LogP contribution in [-0.4, -0.2) is 11.7 Å². The Bertz CT molecular complexity index is 519. The second kappa shape index (κ2) is 6.69. The van der Waals surface area contributed by atoms with Crippen LogP contribution in [0.3, 0.4) is 0 Å². The number of rotatable bonds is 5. The predicted molar refractivity (Wildman–Crippen MR) is 84.2 cm³/mol. The second-order valence-corrected chi connectivity index (χ2v) is 5.60. The maximum absolute atomic E-state index is 9.48. The molecular formula is C18H23NO. The predicted octanol–water partition coefficient (Wildman–Crippen LogP) is 3.62. The van der Waals surface area contributed by atoms with E-state index in [1.807, 2.05) is 18.2 Å². The van der Waals surface area contributed by atoms with E-state index in [1.54, 1.807) is 0 Å². The molecule has 2 nitrogen and oxygen atoms in total. The summed E-state index contributed by atoms with van der Waals surface area (Å²) in [4.78, 5) is 0. The number of aliphatic hydroxyl groups excluding tert-OH is 1. The first kappa shape index (κ1) is 14.8. The molecule has 2 aromatic carbocycles. The lowest BCUT2D eigenvalue weighted by molar-refractivity contribution is 0.166. The number of nitrogens with two attached hydrogens (primary N) is 1. The monoisotopic (exact) mass is 269 g/mol. The molecule has 0 radical (unpaired) electrons. The van der Waals surface area contributed by atoms with Crippen LogP contribution in [0.4, 0.5) is 0 Å². The largest absolute Gasteiger partial charge is 0.396 e. The Balaban J connectivity index is 2.20. The Kier molecular flexibility index (Phi) is 4.94. The molecule has 3 N–H and O–H groups in total. The van der Waals surface area contributed by atoms with Crippen LogP contribution in [-0.2, 0) is 0 Å². The molecule has 0 aliphatic heterocycles. The molecule has 0 saturated carbocycles. The van der Waals surface area contributed by atoms with Gasteiger partial charge in [-0.25, -0.2) is 0 Å². The summed E-state index contributed by atoms with van der Waals surface area (Å²) < 4.78 is 0. The highest BCUT2D eigenvalue weighted by atomic mass is 16.3. The highest BCUT2D eigenvalue weighted by Crippen LogP contribution is 2.27. The van der Waals surface area contributed by atoms with Gasteiger partial charge in [0.25, 0.3) is 0 Å². The zero-order valence-corrected chi connectivity index (χ0v) is 12.2. The van der Waals surface area contributed by atoms with Gasteiger partial charge >= 0.3 is 0 Å². The third kappa shape index (κ3) is 3.27. The molecule has 20 heavy (non-hydrogen) atoms. The van der Waals surface area contributed by atoms with Crippen molar-refractivity contribution in [1.29, 1.82) is 0 Å². The zero-order chi connectivity index (χ0) is 14.5. The van der Waals surface area contributed by atoms with Crippen LogP contribution < -0.4 is 5.73 Å². The number of hydrogen-bond acceptors (Lipinski definition) is 2. The second-order valence-electron chi connectivity index (χ2n) is 5.60.